The molecule has 3 unspecified atom stereocenters. The Bertz CT molecular complexity index is 529. The van der Waals surface area contributed by atoms with E-state index in [-0.39, 0.29) is 23.5 Å². The maximum absolute atomic E-state index is 11.5. The van der Waals surface area contributed by atoms with Crippen LogP contribution in [-0.2, 0) is 9.84 Å². The third-order valence-electron chi connectivity index (χ3n) is 4.09. The SMILES string of the molecule is CC(CN(C)C1CCS(=O)(=O)C1)C(O)c1ccccc1. The Hall–Kier alpha value is -0.910. The first-order valence-electron chi connectivity index (χ1n) is 7.03. The van der Waals surface area contributed by atoms with E-state index in [0.29, 0.717) is 13.0 Å². The van der Waals surface area contributed by atoms with Gasteiger partial charge >= 0.3 is 0 Å². The Morgan fingerprint density at radius 3 is 2.55 bits per heavy atom. The van der Waals surface area contributed by atoms with E-state index < -0.39 is 15.9 Å². The van der Waals surface area contributed by atoms with Crippen molar-refractivity contribution in [2.24, 2.45) is 5.92 Å². The lowest BCUT2D eigenvalue weighted by atomic mass is 9.96. The van der Waals surface area contributed by atoms with Gasteiger partial charge in [-0.15, -0.1) is 0 Å². The Morgan fingerprint density at radius 1 is 1.35 bits per heavy atom. The zero-order valence-electron chi connectivity index (χ0n) is 12.1. The average Bonchev–Trinajstić information content (AvgIpc) is 2.79. The molecule has 2 rings (SSSR count). The zero-order valence-corrected chi connectivity index (χ0v) is 12.9. The van der Waals surface area contributed by atoms with Crippen LogP contribution in [0.3, 0.4) is 0 Å². The highest BCUT2D eigenvalue weighted by atomic mass is 32.2. The molecule has 4 nitrogen and oxygen atoms in total. The van der Waals surface area contributed by atoms with Gasteiger partial charge in [-0.2, -0.15) is 0 Å². The van der Waals surface area contributed by atoms with Crippen LogP contribution >= 0.6 is 0 Å². The van der Waals surface area contributed by atoms with Crippen molar-refractivity contribution in [3.05, 3.63) is 35.9 Å². The van der Waals surface area contributed by atoms with Gasteiger partial charge in [0.25, 0.3) is 0 Å². The van der Waals surface area contributed by atoms with Gasteiger partial charge in [-0.1, -0.05) is 37.3 Å². The van der Waals surface area contributed by atoms with Crippen LogP contribution in [0.2, 0.25) is 0 Å². The number of sulfone groups is 1. The number of nitrogens with zero attached hydrogens (tertiary/aromatic N) is 1. The lowest BCUT2D eigenvalue weighted by molar-refractivity contribution is 0.0864. The second-order valence-corrected chi connectivity index (χ2v) is 8.06. The summed E-state index contributed by atoms with van der Waals surface area (Å²) in [6.45, 7) is 2.69. The van der Waals surface area contributed by atoms with Gasteiger partial charge in [0.1, 0.15) is 0 Å². The van der Waals surface area contributed by atoms with E-state index in [4.69, 9.17) is 0 Å². The van der Waals surface area contributed by atoms with Crippen molar-refractivity contribution in [1.82, 2.24) is 4.90 Å². The fourth-order valence-corrected chi connectivity index (χ4v) is 4.61. The van der Waals surface area contributed by atoms with Crippen molar-refractivity contribution in [3.63, 3.8) is 0 Å². The summed E-state index contributed by atoms with van der Waals surface area (Å²) in [5.74, 6) is 0.598. The monoisotopic (exact) mass is 297 g/mol. The van der Waals surface area contributed by atoms with Gasteiger partial charge < -0.3 is 10.0 Å². The zero-order chi connectivity index (χ0) is 14.8. The summed E-state index contributed by atoms with van der Waals surface area (Å²) in [5.41, 5.74) is 0.910. The first-order valence-corrected chi connectivity index (χ1v) is 8.85. The van der Waals surface area contributed by atoms with E-state index in [1.54, 1.807) is 0 Å². The molecular formula is C15H23NO3S. The Morgan fingerprint density at radius 2 is 2.00 bits per heavy atom. The number of aliphatic hydroxyl groups is 1. The van der Waals surface area contributed by atoms with E-state index in [2.05, 4.69) is 4.90 Å². The summed E-state index contributed by atoms with van der Waals surface area (Å²) in [6.07, 6.45) is 0.184. The summed E-state index contributed by atoms with van der Waals surface area (Å²) in [4.78, 5) is 2.07. The molecule has 0 amide bonds. The Kier molecular flexibility index (Phi) is 4.83. The van der Waals surface area contributed by atoms with Crippen LogP contribution in [0.1, 0.15) is 25.0 Å². The van der Waals surface area contributed by atoms with Gasteiger partial charge in [-0.25, -0.2) is 8.42 Å². The number of hydrogen-bond donors (Lipinski definition) is 1. The highest BCUT2D eigenvalue weighted by Gasteiger charge is 2.31. The molecule has 0 radical (unpaired) electrons. The summed E-state index contributed by atoms with van der Waals surface area (Å²) >= 11 is 0. The van der Waals surface area contributed by atoms with Crippen molar-refractivity contribution >= 4 is 9.84 Å². The number of benzene rings is 1. The predicted molar refractivity (Wildman–Crippen MR) is 80.3 cm³/mol. The Balaban J connectivity index is 1.93. The third kappa shape index (κ3) is 3.81. The Labute approximate surface area is 121 Å². The van der Waals surface area contributed by atoms with Crippen LogP contribution in [0.4, 0.5) is 0 Å². The summed E-state index contributed by atoms with van der Waals surface area (Å²) in [5, 5.41) is 10.3. The average molecular weight is 297 g/mol. The second-order valence-electron chi connectivity index (χ2n) is 5.83. The van der Waals surface area contributed by atoms with Gasteiger partial charge in [-0.05, 0) is 24.9 Å². The van der Waals surface area contributed by atoms with Crippen molar-refractivity contribution in [3.8, 4) is 0 Å². The molecule has 1 aromatic rings. The van der Waals surface area contributed by atoms with Gasteiger partial charge in [0.05, 0.1) is 17.6 Å². The van der Waals surface area contributed by atoms with Gasteiger partial charge in [0.2, 0.25) is 0 Å². The molecule has 0 saturated carbocycles. The fraction of sp³-hybridized carbons (Fsp3) is 0.600. The number of hydrogen-bond acceptors (Lipinski definition) is 4. The van der Waals surface area contributed by atoms with Crippen LogP contribution in [0, 0.1) is 5.92 Å². The van der Waals surface area contributed by atoms with E-state index in [1.807, 2.05) is 44.3 Å². The van der Waals surface area contributed by atoms with E-state index in [9.17, 15) is 13.5 Å². The molecule has 1 N–H and O–H groups in total. The van der Waals surface area contributed by atoms with Crippen LogP contribution in [0.15, 0.2) is 30.3 Å². The highest BCUT2D eigenvalue weighted by molar-refractivity contribution is 7.91. The molecule has 1 aliphatic heterocycles. The van der Waals surface area contributed by atoms with Gasteiger partial charge in [0, 0.05) is 12.6 Å². The predicted octanol–water partition coefficient (Wildman–Crippen LogP) is 1.48. The molecule has 1 aliphatic rings. The van der Waals surface area contributed by atoms with Crippen LogP contribution in [-0.4, -0.2) is 49.6 Å². The molecule has 1 aromatic carbocycles. The minimum absolute atomic E-state index is 0.0608. The van der Waals surface area contributed by atoms with E-state index >= 15 is 0 Å². The first-order chi connectivity index (χ1) is 9.39. The first kappa shape index (κ1) is 15.5. The van der Waals surface area contributed by atoms with E-state index in [0.717, 1.165) is 5.56 Å². The quantitative estimate of drug-likeness (QED) is 0.894. The lowest BCUT2D eigenvalue weighted by Gasteiger charge is -2.29. The largest absolute Gasteiger partial charge is 0.388 e. The molecule has 1 saturated heterocycles. The van der Waals surface area contributed by atoms with Crippen molar-refractivity contribution in [2.75, 3.05) is 25.1 Å². The molecule has 0 spiro atoms. The highest BCUT2D eigenvalue weighted by Crippen LogP contribution is 2.24. The molecule has 20 heavy (non-hydrogen) atoms. The van der Waals surface area contributed by atoms with Crippen LogP contribution in [0.25, 0.3) is 0 Å². The topological polar surface area (TPSA) is 57.6 Å². The van der Waals surface area contributed by atoms with Crippen molar-refractivity contribution < 1.29 is 13.5 Å². The van der Waals surface area contributed by atoms with Gasteiger partial charge in [0.15, 0.2) is 9.84 Å². The van der Waals surface area contributed by atoms with Crippen molar-refractivity contribution in [2.45, 2.75) is 25.5 Å². The minimum Gasteiger partial charge on any atom is -0.388 e. The summed E-state index contributed by atoms with van der Waals surface area (Å²) in [7, 11) is -0.909. The van der Waals surface area contributed by atoms with Crippen molar-refractivity contribution in [1.29, 1.82) is 0 Å². The fourth-order valence-electron chi connectivity index (χ4n) is 2.80. The third-order valence-corrected chi connectivity index (χ3v) is 5.84. The minimum atomic E-state index is -2.85. The number of rotatable bonds is 5. The van der Waals surface area contributed by atoms with E-state index in [1.165, 1.54) is 0 Å². The second kappa shape index (κ2) is 6.24. The normalized spacial score (nSPS) is 24.7. The molecule has 112 valence electrons. The molecular weight excluding hydrogens is 274 g/mol. The molecule has 5 heteroatoms. The molecule has 1 heterocycles. The maximum Gasteiger partial charge on any atom is 0.151 e. The molecule has 0 bridgehead atoms. The summed E-state index contributed by atoms with van der Waals surface area (Å²) in [6, 6.07) is 9.68. The standard InChI is InChI=1S/C15H23NO3S/c1-12(15(17)13-6-4-3-5-7-13)10-16(2)14-8-9-20(18,19)11-14/h3-7,12,14-15,17H,8-11H2,1-2H3. The van der Waals surface area contributed by atoms with Gasteiger partial charge in [-0.3, -0.25) is 0 Å². The van der Waals surface area contributed by atoms with Crippen LogP contribution < -0.4 is 0 Å². The smallest absolute Gasteiger partial charge is 0.151 e. The summed E-state index contributed by atoms with van der Waals surface area (Å²) < 4.78 is 23.0. The molecule has 1 fully saturated rings. The maximum atomic E-state index is 11.5. The molecule has 0 aromatic heterocycles. The molecule has 3 atom stereocenters. The van der Waals surface area contributed by atoms with Crippen LogP contribution in [0.5, 0.6) is 0 Å². The number of aliphatic hydroxyl groups excluding tert-OH is 1. The lowest BCUT2D eigenvalue weighted by Crippen LogP contribution is -2.37. The molecule has 0 aliphatic carbocycles.